The highest BCUT2D eigenvalue weighted by Gasteiger charge is 2.61. The van der Waals surface area contributed by atoms with Crippen LogP contribution in [0.4, 0.5) is 0 Å². The molecule has 0 bridgehead atoms. The van der Waals surface area contributed by atoms with Gasteiger partial charge in [0.25, 0.3) is 5.91 Å². The van der Waals surface area contributed by atoms with Gasteiger partial charge in [0.05, 0.1) is 31.3 Å². The first-order chi connectivity index (χ1) is 22.6. The van der Waals surface area contributed by atoms with Crippen LogP contribution in [0.3, 0.4) is 0 Å². The number of ether oxygens (including phenoxy) is 3. The molecule has 11 nitrogen and oxygen atoms in total. The maximum atomic E-state index is 14.1. The molecule has 6 rings (SSSR count). The number of benzene rings is 1. The lowest BCUT2D eigenvalue weighted by molar-refractivity contribution is -0.140. The second-order valence-corrected chi connectivity index (χ2v) is 14.7. The van der Waals surface area contributed by atoms with Crippen molar-refractivity contribution in [2.24, 2.45) is 11.7 Å². The number of pyridine rings is 1. The molecule has 3 heterocycles. The summed E-state index contributed by atoms with van der Waals surface area (Å²) in [6.07, 6.45) is 10.7. The molecule has 3 fully saturated rings. The van der Waals surface area contributed by atoms with Crippen LogP contribution in [0.25, 0.3) is 10.9 Å². The number of aryl methyl sites for hydroxylation is 1. The van der Waals surface area contributed by atoms with Crippen LogP contribution in [0, 0.1) is 12.8 Å². The lowest BCUT2D eigenvalue weighted by atomic mass is 10.1. The number of carbonyl (C=O) groups excluding carboxylic acids is 3. The molecular weight excluding hydrogens is 618 g/mol. The highest BCUT2D eigenvalue weighted by atomic mass is 32.2. The number of aromatic nitrogens is 1. The van der Waals surface area contributed by atoms with E-state index in [0.717, 1.165) is 49.5 Å². The van der Waals surface area contributed by atoms with E-state index in [1.807, 2.05) is 32.9 Å². The number of nitrogens with zero attached hydrogens (tertiary/aromatic N) is 2. The lowest BCUT2D eigenvalue weighted by Crippen LogP contribution is -2.56. The quantitative estimate of drug-likeness (QED) is 0.277. The van der Waals surface area contributed by atoms with Crippen molar-refractivity contribution in [3.05, 3.63) is 35.9 Å². The molecule has 47 heavy (non-hydrogen) atoms. The van der Waals surface area contributed by atoms with Gasteiger partial charge in [-0.1, -0.05) is 25.0 Å². The molecule has 3 amide bonds. The van der Waals surface area contributed by atoms with Crippen LogP contribution in [0.1, 0.15) is 77.2 Å². The summed E-state index contributed by atoms with van der Waals surface area (Å²) in [5.41, 5.74) is 6.94. The summed E-state index contributed by atoms with van der Waals surface area (Å²) in [6, 6.07) is 3.96. The summed E-state index contributed by atoms with van der Waals surface area (Å²) in [5.74, 6) is 0.727. The Morgan fingerprint density at radius 1 is 1.17 bits per heavy atom. The fourth-order valence-electron chi connectivity index (χ4n) is 6.63. The van der Waals surface area contributed by atoms with Gasteiger partial charge in [-0.3, -0.25) is 19.1 Å². The predicted molar refractivity (Wildman–Crippen MR) is 181 cm³/mol. The van der Waals surface area contributed by atoms with Gasteiger partial charge in [-0.05, 0) is 83.4 Å². The van der Waals surface area contributed by atoms with Crippen LogP contribution in [-0.4, -0.2) is 76.3 Å². The standard InChI is InChI=1S/C35H47N5O6S/c1-20(2)45-30-17-29(25-14-15-28(44-4)21(3)31(25)37-30)46-23-16-27-32(41)38-35(34(43)39-47-24-12-13-24)18-22(35)10-8-6-5-7-9-11-26(36)33(42)40(27)19-23/h8,10,14-15,17,20,22-24,26-27H,5-7,9,11-13,16,18-19,36H2,1-4H3,(H,38,41)(H,39,43)/b10-8-/t22-,23-,26+,27+,35-/m1/s1. The van der Waals surface area contributed by atoms with Crippen molar-refractivity contribution in [1.29, 1.82) is 0 Å². The van der Waals surface area contributed by atoms with E-state index in [1.165, 1.54) is 11.9 Å². The number of methoxy groups -OCH3 is 1. The van der Waals surface area contributed by atoms with E-state index >= 15 is 0 Å². The Morgan fingerprint density at radius 2 is 1.98 bits per heavy atom. The van der Waals surface area contributed by atoms with E-state index < -0.39 is 23.7 Å². The highest BCUT2D eigenvalue weighted by molar-refractivity contribution is 7.98. The van der Waals surface area contributed by atoms with Crippen LogP contribution in [0.5, 0.6) is 17.4 Å². The molecule has 12 heteroatoms. The summed E-state index contributed by atoms with van der Waals surface area (Å²) < 4.78 is 21.1. The van der Waals surface area contributed by atoms with Crippen molar-refractivity contribution in [3.63, 3.8) is 0 Å². The lowest BCUT2D eigenvalue weighted by Gasteiger charge is -2.28. The minimum atomic E-state index is -1.04. The number of allylic oxidation sites excluding steroid dienone is 1. The first kappa shape index (κ1) is 33.4. The van der Waals surface area contributed by atoms with E-state index in [9.17, 15) is 14.4 Å². The summed E-state index contributed by atoms with van der Waals surface area (Å²) in [7, 11) is 1.62. The predicted octanol–water partition coefficient (Wildman–Crippen LogP) is 4.34. The first-order valence-corrected chi connectivity index (χ1v) is 17.8. The van der Waals surface area contributed by atoms with Crippen molar-refractivity contribution in [2.45, 2.75) is 114 Å². The number of nitrogens with two attached hydrogens (primary N) is 1. The zero-order valence-corrected chi connectivity index (χ0v) is 28.6. The Labute approximate surface area is 280 Å². The van der Waals surface area contributed by atoms with E-state index in [1.54, 1.807) is 18.1 Å². The Morgan fingerprint density at radius 3 is 2.72 bits per heavy atom. The van der Waals surface area contributed by atoms with Crippen LogP contribution in [0.2, 0.25) is 0 Å². The highest BCUT2D eigenvalue weighted by Crippen LogP contribution is 2.46. The summed E-state index contributed by atoms with van der Waals surface area (Å²) in [6.45, 7) is 5.98. The monoisotopic (exact) mass is 665 g/mol. The van der Waals surface area contributed by atoms with Gasteiger partial charge in [0.1, 0.15) is 29.2 Å². The van der Waals surface area contributed by atoms with Crippen LogP contribution < -0.4 is 30.0 Å². The minimum Gasteiger partial charge on any atom is -0.496 e. The average molecular weight is 666 g/mol. The largest absolute Gasteiger partial charge is 0.496 e. The van der Waals surface area contributed by atoms with Gasteiger partial charge in [-0.25, -0.2) is 4.98 Å². The molecule has 2 aromatic rings. The van der Waals surface area contributed by atoms with Gasteiger partial charge in [0.2, 0.25) is 17.7 Å². The number of hydrogen-bond donors (Lipinski definition) is 3. The topological polar surface area (TPSA) is 145 Å². The SMILES string of the molecule is COc1ccc2c(O[C@@H]3C[C@H]4C(=O)N[C@]5(C(=O)NSC6CC6)C[C@H]5/C=C\CCCCC[C@H](N)C(=O)N4C3)cc(OC(C)C)nc2c1C. The molecule has 5 atom stereocenters. The molecule has 4 aliphatic rings. The maximum Gasteiger partial charge on any atom is 0.256 e. The van der Waals surface area contributed by atoms with Gasteiger partial charge in [-0.2, -0.15) is 0 Å². The van der Waals surface area contributed by atoms with E-state index in [2.05, 4.69) is 22.2 Å². The minimum absolute atomic E-state index is 0.0981. The summed E-state index contributed by atoms with van der Waals surface area (Å²) in [4.78, 5) is 47.8. The van der Waals surface area contributed by atoms with Gasteiger partial charge in [0.15, 0.2) is 0 Å². The third-order valence-corrected chi connectivity index (χ3v) is 10.6. The average Bonchev–Trinajstić information content (AvgIpc) is 3.95. The third-order valence-electron chi connectivity index (χ3n) is 9.52. The molecule has 2 aliphatic heterocycles. The summed E-state index contributed by atoms with van der Waals surface area (Å²) >= 11 is 1.44. The number of hydrogen-bond acceptors (Lipinski definition) is 9. The zero-order chi connectivity index (χ0) is 33.3. The van der Waals surface area contributed by atoms with Crippen LogP contribution >= 0.6 is 11.9 Å². The molecule has 2 saturated carbocycles. The number of nitrogens with one attached hydrogen (secondary N) is 2. The van der Waals surface area contributed by atoms with E-state index in [4.69, 9.17) is 24.9 Å². The van der Waals surface area contributed by atoms with Gasteiger partial charge in [-0.15, -0.1) is 0 Å². The molecule has 0 spiro atoms. The smallest absolute Gasteiger partial charge is 0.256 e. The Balaban J connectivity index is 1.29. The van der Waals surface area contributed by atoms with Crippen molar-refractivity contribution < 1.29 is 28.6 Å². The number of rotatable bonds is 8. The third kappa shape index (κ3) is 7.33. The summed E-state index contributed by atoms with van der Waals surface area (Å²) in [5, 5.41) is 4.31. The van der Waals surface area contributed by atoms with E-state index in [-0.39, 0.29) is 42.7 Å². The van der Waals surface area contributed by atoms with Crippen LogP contribution in [0.15, 0.2) is 30.4 Å². The molecule has 2 aliphatic carbocycles. The fraction of sp³-hybridized carbons (Fsp3) is 0.600. The van der Waals surface area contributed by atoms with Crippen molar-refractivity contribution in [3.8, 4) is 17.4 Å². The Bertz CT molecular complexity index is 1550. The van der Waals surface area contributed by atoms with E-state index in [0.29, 0.717) is 41.0 Å². The molecule has 0 unspecified atom stereocenters. The molecule has 0 radical (unpaired) electrons. The van der Waals surface area contributed by atoms with Crippen molar-refractivity contribution >= 4 is 40.6 Å². The van der Waals surface area contributed by atoms with Crippen molar-refractivity contribution in [2.75, 3.05) is 13.7 Å². The maximum absolute atomic E-state index is 14.1. The molecule has 1 aromatic carbocycles. The second-order valence-electron chi connectivity index (χ2n) is 13.6. The zero-order valence-electron chi connectivity index (χ0n) is 27.8. The molecular formula is C35H47N5O6S. The first-order valence-electron chi connectivity index (χ1n) is 16.9. The number of carbonyl (C=O) groups is 3. The Hall–Kier alpha value is -3.51. The molecule has 1 aromatic heterocycles. The molecule has 1 saturated heterocycles. The number of amides is 3. The Kier molecular flexibility index (Phi) is 9.89. The molecule has 254 valence electrons. The normalized spacial score (nSPS) is 28.9. The fourth-order valence-corrected chi connectivity index (χ4v) is 7.46. The van der Waals surface area contributed by atoms with Gasteiger partial charge < -0.3 is 30.2 Å². The second kappa shape index (κ2) is 13.9. The van der Waals surface area contributed by atoms with Crippen molar-refractivity contribution in [1.82, 2.24) is 19.9 Å². The molecule has 4 N–H and O–H groups in total. The van der Waals surface area contributed by atoms with Gasteiger partial charge >= 0.3 is 0 Å². The number of fused-ring (bicyclic) bond motifs is 3. The van der Waals surface area contributed by atoms with Crippen LogP contribution in [-0.2, 0) is 14.4 Å². The van der Waals surface area contributed by atoms with Gasteiger partial charge in [0, 0.05) is 34.6 Å².